The van der Waals surface area contributed by atoms with Crippen LogP contribution in [0, 0.1) is 0 Å². The highest BCUT2D eigenvalue weighted by molar-refractivity contribution is 6.30. The molecule has 0 saturated carbocycles. The lowest BCUT2D eigenvalue weighted by Crippen LogP contribution is -2.17. The van der Waals surface area contributed by atoms with E-state index in [-0.39, 0.29) is 6.10 Å². The topological polar surface area (TPSA) is 60.2 Å². The third-order valence-corrected chi connectivity index (χ3v) is 3.12. The number of benzene rings is 1. The summed E-state index contributed by atoms with van der Waals surface area (Å²) in [6.45, 7) is 5.83. The second kappa shape index (κ2) is 8.00. The molecule has 21 heavy (non-hydrogen) atoms. The second-order valence-electron chi connectivity index (χ2n) is 4.75. The first-order valence-electron chi connectivity index (χ1n) is 7.14. The van der Waals surface area contributed by atoms with E-state index in [1.165, 1.54) is 0 Å². The lowest BCUT2D eigenvalue weighted by molar-refractivity contribution is 0.186. The molecule has 0 aliphatic heterocycles. The molecule has 0 radical (unpaired) electrons. The average Bonchev–Trinajstić information content (AvgIpc) is 2.93. The van der Waals surface area contributed by atoms with Gasteiger partial charge < -0.3 is 14.5 Å². The predicted octanol–water partition coefficient (Wildman–Crippen LogP) is 3.41. The van der Waals surface area contributed by atoms with Gasteiger partial charge in [0.05, 0.1) is 0 Å². The summed E-state index contributed by atoms with van der Waals surface area (Å²) in [5.74, 6) is 1.77. The number of nitrogens with one attached hydrogen (secondary N) is 1. The third kappa shape index (κ3) is 5.02. The normalized spacial score (nSPS) is 12.3. The average molecular weight is 310 g/mol. The van der Waals surface area contributed by atoms with Gasteiger partial charge in [-0.25, -0.2) is 0 Å². The number of ether oxygens (including phenoxy) is 1. The van der Waals surface area contributed by atoms with Crippen molar-refractivity contribution in [3.05, 3.63) is 41.1 Å². The van der Waals surface area contributed by atoms with Crippen molar-refractivity contribution in [2.75, 3.05) is 13.1 Å². The van der Waals surface area contributed by atoms with Gasteiger partial charge in [-0.3, -0.25) is 0 Å². The molecule has 0 aliphatic carbocycles. The molecule has 114 valence electrons. The maximum atomic E-state index is 5.92. The summed E-state index contributed by atoms with van der Waals surface area (Å²) in [5, 5.41) is 12.0. The zero-order valence-electron chi connectivity index (χ0n) is 12.3. The van der Waals surface area contributed by atoms with Gasteiger partial charge in [0, 0.05) is 18.0 Å². The number of halogens is 1. The van der Waals surface area contributed by atoms with Crippen LogP contribution in [0.25, 0.3) is 0 Å². The fraction of sp³-hybridized carbons (Fsp3) is 0.467. The molecule has 1 aromatic carbocycles. The van der Waals surface area contributed by atoms with Crippen molar-refractivity contribution in [1.82, 2.24) is 15.5 Å². The van der Waals surface area contributed by atoms with E-state index in [1.54, 1.807) is 12.1 Å². The van der Waals surface area contributed by atoms with Crippen molar-refractivity contribution in [2.24, 2.45) is 0 Å². The molecule has 1 unspecified atom stereocenters. The molecule has 2 aromatic rings. The molecular formula is C15H20ClN3O2. The Labute approximate surface area is 129 Å². The molecule has 0 aliphatic rings. The van der Waals surface area contributed by atoms with E-state index < -0.39 is 0 Å². The molecule has 2 rings (SSSR count). The van der Waals surface area contributed by atoms with Gasteiger partial charge in [0.1, 0.15) is 5.75 Å². The van der Waals surface area contributed by atoms with E-state index >= 15 is 0 Å². The highest BCUT2D eigenvalue weighted by Crippen LogP contribution is 2.23. The Morgan fingerprint density at radius 2 is 2.19 bits per heavy atom. The molecule has 0 saturated heterocycles. The minimum Gasteiger partial charge on any atom is -0.481 e. The standard InChI is InChI=1S/C15H20ClN3O2/c1-3-8-17-9-7-14-18-19-15(21-14)11(2)20-13-6-4-5-12(16)10-13/h4-6,10-11,17H,3,7-9H2,1-2H3. The van der Waals surface area contributed by atoms with Crippen LogP contribution in [0.3, 0.4) is 0 Å². The Morgan fingerprint density at radius 1 is 1.33 bits per heavy atom. The van der Waals surface area contributed by atoms with Gasteiger partial charge in [-0.2, -0.15) is 0 Å². The largest absolute Gasteiger partial charge is 0.481 e. The molecular weight excluding hydrogens is 290 g/mol. The Bertz CT molecular complexity index is 559. The van der Waals surface area contributed by atoms with E-state index in [4.69, 9.17) is 20.8 Å². The maximum absolute atomic E-state index is 5.92. The summed E-state index contributed by atoms with van der Waals surface area (Å²) in [5.41, 5.74) is 0. The smallest absolute Gasteiger partial charge is 0.256 e. The first-order chi connectivity index (χ1) is 10.2. The summed E-state index contributed by atoms with van der Waals surface area (Å²) >= 11 is 5.92. The third-order valence-electron chi connectivity index (χ3n) is 2.88. The van der Waals surface area contributed by atoms with Crippen LogP contribution in [0.4, 0.5) is 0 Å². The number of hydrogen-bond acceptors (Lipinski definition) is 5. The van der Waals surface area contributed by atoms with Crippen LogP contribution in [-0.2, 0) is 6.42 Å². The highest BCUT2D eigenvalue weighted by Gasteiger charge is 2.15. The maximum Gasteiger partial charge on any atom is 0.256 e. The molecule has 5 nitrogen and oxygen atoms in total. The van der Waals surface area contributed by atoms with E-state index in [0.29, 0.717) is 22.6 Å². The van der Waals surface area contributed by atoms with E-state index in [2.05, 4.69) is 22.4 Å². The van der Waals surface area contributed by atoms with Crippen LogP contribution in [0.5, 0.6) is 5.75 Å². The van der Waals surface area contributed by atoms with Crippen LogP contribution < -0.4 is 10.1 Å². The fourth-order valence-corrected chi connectivity index (χ4v) is 2.00. The summed E-state index contributed by atoms with van der Waals surface area (Å²) in [6, 6.07) is 7.23. The zero-order chi connectivity index (χ0) is 15.1. The van der Waals surface area contributed by atoms with Crippen molar-refractivity contribution in [3.63, 3.8) is 0 Å². The molecule has 1 heterocycles. The summed E-state index contributed by atoms with van der Waals surface area (Å²) in [7, 11) is 0. The lowest BCUT2D eigenvalue weighted by atomic mass is 10.3. The van der Waals surface area contributed by atoms with Gasteiger partial charge in [-0.15, -0.1) is 10.2 Å². The monoisotopic (exact) mass is 309 g/mol. The number of nitrogens with zero attached hydrogens (tertiary/aromatic N) is 2. The van der Waals surface area contributed by atoms with Gasteiger partial charge >= 0.3 is 0 Å². The van der Waals surface area contributed by atoms with Gasteiger partial charge in [0.2, 0.25) is 5.89 Å². The van der Waals surface area contributed by atoms with E-state index in [9.17, 15) is 0 Å². The first-order valence-corrected chi connectivity index (χ1v) is 7.52. The molecule has 1 aromatic heterocycles. The van der Waals surface area contributed by atoms with E-state index in [0.717, 1.165) is 25.9 Å². The molecule has 1 N–H and O–H groups in total. The van der Waals surface area contributed by atoms with E-state index in [1.807, 2.05) is 19.1 Å². The van der Waals surface area contributed by atoms with Gasteiger partial charge in [-0.05, 0) is 38.1 Å². The zero-order valence-corrected chi connectivity index (χ0v) is 13.1. The number of hydrogen-bond donors (Lipinski definition) is 1. The Hall–Kier alpha value is -1.59. The minimum absolute atomic E-state index is 0.312. The van der Waals surface area contributed by atoms with Crippen LogP contribution in [0.1, 0.15) is 38.2 Å². The molecule has 6 heteroatoms. The van der Waals surface area contributed by atoms with Crippen LogP contribution in [-0.4, -0.2) is 23.3 Å². The second-order valence-corrected chi connectivity index (χ2v) is 5.19. The SMILES string of the molecule is CCCNCCc1nnc(C(C)Oc2cccc(Cl)c2)o1. The first kappa shape index (κ1) is 15.8. The van der Waals surface area contributed by atoms with Gasteiger partial charge in [-0.1, -0.05) is 24.6 Å². The fourth-order valence-electron chi connectivity index (χ4n) is 1.82. The van der Waals surface area contributed by atoms with Crippen molar-refractivity contribution in [3.8, 4) is 5.75 Å². The van der Waals surface area contributed by atoms with Crippen LogP contribution in [0.2, 0.25) is 5.02 Å². The van der Waals surface area contributed by atoms with Crippen molar-refractivity contribution in [2.45, 2.75) is 32.8 Å². The summed E-state index contributed by atoms with van der Waals surface area (Å²) < 4.78 is 11.3. The summed E-state index contributed by atoms with van der Waals surface area (Å²) in [4.78, 5) is 0. The predicted molar refractivity (Wildman–Crippen MR) is 81.7 cm³/mol. The molecule has 0 amide bonds. The molecule has 1 atom stereocenters. The van der Waals surface area contributed by atoms with Crippen molar-refractivity contribution in [1.29, 1.82) is 0 Å². The summed E-state index contributed by atoms with van der Waals surface area (Å²) in [6.07, 6.45) is 1.52. The van der Waals surface area contributed by atoms with Gasteiger partial charge in [0.15, 0.2) is 6.10 Å². The molecule has 0 bridgehead atoms. The highest BCUT2D eigenvalue weighted by atomic mass is 35.5. The Morgan fingerprint density at radius 3 is 2.95 bits per heavy atom. The lowest BCUT2D eigenvalue weighted by Gasteiger charge is -2.10. The Balaban J connectivity index is 1.88. The van der Waals surface area contributed by atoms with Gasteiger partial charge in [0.25, 0.3) is 5.89 Å². The van der Waals surface area contributed by atoms with Crippen molar-refractivity contribution < 1.29 is 9.15 Å². The molecule has 0 spiro atoms. The number of aromatic nitrogens is 2. The minimum atomic E-state index is -0.312. The quantitative estimate of drug-likeness (QED) is 0.757. The Kier molecular flexibility index (Phi) is 6.02. The van der Waals surface area contributed by atoms with Crippen LogP contribution >= 0.6 is 11.6 Å². The van der Waals surface area contributed by atoms with Crippen molar-refractivity contribution >= 4 is 11.6 Å². The molecule has 0 fully saturated rings. The van der Waals surface area contributed by atoms with Crippen LogP contribution in [0.15, 0.2) is 28.7 Å². The number of rotatable bonds is 8.